The maximum Gasteiger partial charge on any atom is 0.0348 e. The largest absolute Gasteiger partial charge is 0.144 e. The summed E-state index contributed by atoms with van der Waals surface area (Å²) in [6, 6.07) is 64.8. The van der Waals surface area contributed by atoms with Crippen LogP contribution in [-0.4, -0.2) is 0 Å². The van der Waals surface area contributed by atoms with Crippen LogP contribution in [0.25, 0.3) is 58.7 Å². The van der Waals surface area contributed by atoms with Gasteiger partial charge in [0, 0.05) is 9.75 Å². The smallest absolute Gasteiger partial charge is 0.0348 e. The molecule has 54 heavy (non-hydrogen) atoms. The van der Waals surface area contributed by atoms with Crippen LogP contribution in [0.2, 0.25) is 0 Å². The molecule has 0 nitrogen and oxygen atoms in total. The summed E-state index contributed by atoms with van der Waals surface area (Å²) >= 11 is 3.54. The lowest BCUT2D eigenvalue weighted by molar-refractivity contribution is 1.57. The van der Waals surface area contributed by atoms with E-state index in [4.69, 9.17) is 0 Å². The van der Waals surface area contributed by atoms with Gasteiger partial charge in [0.05, 0.1) is 0 Å². The van der Waals surface area contributed by atoms with E-state index in [2.05, 4.69) is 229 Å². The molecule has 8 rings (SSSR count). The number of rotatable bonds is 11. The van der Waals surface area contributed by atoms with Gasteiger partial charge in [-0.05, 0) is 102 Å². The minimum atomic E-state index is 1.17. The average molecular weight is 727 g/mol. The van der Waals surface area contributed by atoms with E-state index in [1.165, 1.54) is 76.5 Å². The fourth-order valence-corrected chi connectivity index (χ4v) is 8.07. The van der Waals surface area contributed by atoms with Gasteiger partial charge in [-0.15, -0.1) is 22.7 Å². The maximum atomic E-state index is 2.31. The van der Waals surface area contributed by atoms with Crippen LogP contribution in [-0.2, 0) is 0 Å². The predicted octanol–water partition coefficient (Wildman–Crippen LogP) is 15.0. The first-order valence-corrected chi connectivity index (χ1v) is 19.9. The van der Waals surface area contributed by atoms with Gasteiger partial charge in [0.15, 0.2) is 0 Å². The molecule has 0 aliphatic heterocycles. The highest BCUT2D eigenvalue weighted by atomic mass is 32.1. The normalized spacial score (nSPS) is 12.1. The van der Waals surface area contributed by atoms with Crippen LogP contribution < -0.4 is 0 Å². The predicted molar refractivity (Wildman–Crippen MR) is 238 cm³/mol. The third-order valence-electron chi connectivity index (χ3n) is 9.40. The third kappa shape index (κ3) is 8.48. The SMILES string of the molecule is C(=Cc1ccccc1C=C(c1ccccc1)c1cccs1)c1ccc(-c2ccc(C=Cc3ccccc3C=C(c3ccccc3)c3cccs3)cc2)cc1. The number of thiophene rings is 2. The van der Waals surface area contributed by atoms with Crippen LogP contribution in [0.4, 0.5) is 0 Å². The van der Waals surface area contributed by atoms with E-state index in [0.29, 0.717) is 0 Å². The van der Waals surface area contributed by atoms with E-state index in [-0.39, 0.29) is 0 Å². The van der Waals surface area contributed by atoms with Crippen molar-refractivity contribution in [3.8, 4) is 11.1 Å². The average Bonchev–Trinajstić information content (AvgIpc) is 3.98. The van der Waals surface area contributed by atoms with Gasteiger partial charge in [-0.25, -0.2) is 0 Å². The van der Waals surface area contributed by atoms with Gasteiger partial charge in [-0.1, -0.05) is 194 Å². The Hall–Kier alpha value is -6.32. The summed E-state index contributed by atoms with van der Waals surface area (Å²) in [6.45, 7) is 0. The van der Waals surface area contributed by atoms with E-state index in [0.717, 1.165) is 0 Å². The molecule has 0 aliphatic rings. The molecule has 2 heterocycles. The Kier molecular flexibility index (Phi) is 10.9. The molecule has 0 saturated heterocycles. The van der Waals surface area contributed by atoms with Gasteiger partial charge < -0.3 is 0 Å². The summed E-state index contributed by atoms with van der Waals surface area (Å²) in [7, 11) is 0. The van der Waals surface area contributed by atoms with Crippen molar-refractivity contribution in [3.63, 3.8) is 0 Å². The van der Waals surface area contributed by atoms with Gasteiger partial charge in [-0.3, -0.25) is 0 Å². The lowest BCUT2D eigenvalue weighted by Crippen LogP contribution is -1.87. The van der Waals surface area contributed by atoms with Crippen LogP contribution >= 0.6 is 22.7 Å². The standard InChI is InChI=1S/C52H38S2/c1-3-15-45(16-4-1)49(51-21-11-35-53-51)37-47-19-9-7-13-41(47)29-23-39-25-31-43(32-26-39)44-33-27-40(28-34-44)24-30-42-14-8-10-20-48(42)38-50(52-22-12-36-54-52)46-17-5-2-6-18-46/h1-38H. The van der Waals surface area contributed by atoms with Gasteiger partial charge >= 0.3 is 0 Å². The zero-order valence-electron chi connectivity index (χ0n) is 29.8. The first-order chi connectivity index (χ1) is 26.8. The molecule has 258 valence electrons. The Bertz CT molecular complexity index is 2350. The molecule has 8 aromatic rings. The number of hydrogen-bond donors (Lipinski definition) is 0. The second kappa shape index (κ2) is 17.0. The summed E-state index contributed by atoms with van der Waals surface area (Å²) in [6.07, 6.45) is 13.5. The third-order valence-corrected chi connectivity index (χ3v) is 11.2. The molecule has 0 bridgehead atoms. The molecule has 0 radical (unpaired) electrons. The fourth-order valence-electron chi connectivity index (χ4n) is 6.54. The number of hydrogen-bond acceptors (Lipinski definition) is 2. The summed E-state index contributed by atoms with van der Waals surface area (Å²) in [4.78, 5) is 2.53. The van der Waals surface area contributed by atoms with E-state index < -0.39 is 0 Å². The van der Waals surface area contributed by atoms with Crippen molar-refractivity contribution in [2.75, 3.05) is 0 Å². The van der Waals surface area contributed by atoms with Crippen molar-refractivity contribution < 1.29 is 0 Å². The Labute approximate surface area is 326 Å². The van der Waals surface area contributed by atoms with Crippen molar-refractivity contribution in [1.82, 2.24) is 0 Å². The monoisotopic (exact) mass is 726 g/mol. The molecular weight excluding hydrogens is 689 g/mol. The van der Waals surface area contributed by atoms with Crippen LogP contribution in [0, 0.1) is 0 Å². The van der Waals surface area contributed by atoms with Gasteiger partial charge in [0.2, 0.25) is 0 Å². The second-order valence-electron chi connectivity index (χ2n) is 13.0. The Balaban J connectivity index is 0.978. The molecule has 2 heteroatoms. The first kappa shape index (κ1) is 34.7. The lowest BCUT2D eigenvalue weighted by atomic mass is 9.97. The molecule has 0 N–H and O–H groups in total. The second-order valence-corrected chi connectivity index (χ2v) is 14.9. The summed E-state index contributed by atoms with van der Waals surface area (Å²) in [5, 5.41) is 4.28. The minimum absolute atomic E-state index is 1.17. The van der Waals surface area contributed by atoms with Crippen molar-refractivity contribution in [2.24, 2.45) is 0 Å². The molecule has 0 unspecified atom stereocenters. The molecule has 0 aliphatic carbocycles. The molecule has 2 aromatic heterocycles. The maximum absolute atomic E-state index is 2.31. The van der Waals surface area contributed by atoms with Crippen molar-refractivity contribution >= 4 is 70.3 Å². The molecule has 0 fully saturated rings. The summed E-state index contributed by atoms with van der Waals surface area (Å²) in [5.41, 5.74) is 14.4. The van der Waals surface area contributed by atoms with Crippen molar-refractivity contribution in [1.29, 1.82) is 0 Å². The van der Waals surface area contributed by atoms with Crippen molar-refractivity contribution in [3.05, 3.63) is 247 Å². The topological polar surface area (TPSA) is 0 Å². The van der Waals surface area contributed by atoms with E-state index in [1.54, 1.807) is 22.7 Å². The molecule has 6 aromatic carbocycles. The first-order valence-electron chi connectivity index (χ1n) is 18.1. The van der Waals surface area contributed by atoms with E-state index in [1.807, 2.05) is 0 Å². The zero-order chi connectivity index (χ0) is 36.4. The van der Waals surface area contributed by atoms with Crippen LogP contribution in [0.3, 0.4) is 0 Å². The van der Waals surface area contributed by atoms with Gasteiger partial charge in [0.25, 0.3) is 0 Å². The minimum Gasteiger partial charge on any atom is -0.144 e. The zero-order valence-corrected chi connectivity index (χ0v) is 31.4. The van der Waals surface area contributed by atoms with Crippen LogP contribution in [0.5, 0.6) is 0 Å². The van der Waals surface area contributed by atoms with Gasteiger partial charge in [-0.2, -0.15) is 0 Å². The highest BCUT2D eigenvalue weighted by molar-refractivity contribution is 7.11. The van der Waals surface area contributed by atoms with Crippen LogP contribution in [0.1, 0.15) is 54.3 Å². The quantitative estimate of drug-likeness (QED) is 0.116. The highest BCUT2D eigenvalue weighted by Crippen LogP contribution is 2.32. The molecule has 0 saturated carbocycles. The molecule has 0 spiro atoms. The van der Waals surface area contributed by atoms with E-state index in [9.17, 15) is 0 Å². The summed E-state index contributed by atoms with van der Waals surface area (Å²) < 4.78 is 0. The Morgan fingerprint density at radius 3 is 1.06 bits per heavy atom. The number of benzene rings is 6. The molecule has 0 atom stereocenters. The Morgan fingerprint density at radius 1 is 0.315 bits per heavy atom. The van der Waals surface area contributed by atoms with Crippen LogP contribution in [0.15, 0.2) is 193 Å². The molecular formula is C52H38S2. The fraction of sp³-hybridized carbons (Fsp3) is 0. The van der Waals surface area contributed by atoms with E-state index >= 15 is 0 Å². The van der Waals surface area contributed by atoms with Gasteiger partial charge in [0.1, 0.15) is 0 Å². The summed E-state index contributed by atoms with van der Waals surface area (Å²) in [5.74, 6) is 0. The highest BCUT2D eigenvalue weighted by Gasteiger charge is 2.09. The molecule has 0 amide bonds. The lowest BCUT2D eigenvalue weighted by Gasteiger charge is -2.08. The Morgan fingerprint density at radius 2 is 0.685 bits per heavy atom. The van der Waals surface area contributed by atoms with Crippen molar-refractivity contribution in [2.45, 2.75) is 0 Å².